The Labute approximate surface area is 124 Å². The second-order valence-electron chi connectivity index (χ2n) is 5.27. The van der Waals surface area contributed by atoms with Crippen molar-refractivity contribution < 1.29 is 9.59 Å². The summed E-state index contributed by atoms with van der Waals surface area (Å²) in [7, 11) is 1.38. The van der Waals surface area contributed by atoms with Gasteiger partial charge in [-0.2, -0.15) is 5.26 Å². The molecule has 3 N–H and O–H groups in total. The molecule has 0 bridgehead atoms. The molecule has 0 spiro atoms. The molecule has 0 saturated heterocycles. The van der Waals surface area contributed by atoms with Crippen LogP contribution in [0.5, 0.6) is 0 Å². The van der Waals surface area contributed by atoms with Crippen molar-refractivity contribution in [3.05, 3.63) is 29.8 Å². The third-order valence-corrected chi connectivity index (χ3v) is 2.96. The number of carbonyl (C=O) groups excluding carboxylic acids is 2. The molecule has 0 saturated carbocycles. The van der Waals surface area contributed by atoms with Gasteiger partial charge in [0.25, 0.3) is 11.8 Å². The summed E-state index contributed by atoms with van der Waals surface area (Å²) in [6.07, 6.45) is 2.22. The molecule has 112 valence electrons. The number of rotatable bonds is 5. The minimum Gasteiger partial charge on any atom is -0.399 e. The Kier molecular flexibility index (Phi) is 5.73. The number of nitrogens with one attached hydrogen (secondary N) is 1. The molecular formula is C15H20N4O2. The summed E-state index contributed by atoms with van der Waals surface area (Å²) in [5.41, 5.74) is 6.55. The van der Waals surface area contributed by atoms with Crippen molar-refractivity contribution >= 4 is 17.5 Å². The predicted octanol–water partition coefficient (Wildman–Crippen LogP) is 1.35. The van der Waals surface area contributed by atoms with E-state index in [2.05, 4.69) is 5.32 Å². The Morgan fingerprint density at radius 3 is 2.38 bits per heavy atom. The summed E-state index contributed by atoms with van der Waals surface area (Å²) in [5, 5.41) is 11.5. The summed E-state index contributed by atoms with van der Waals surface area (Å²) >= 11 is 0. The molecule has 0 heterocycles. The van der Waals surface area contributed by atoms with Crippen LogP contribution >= 0.6 is 0 Å². The molecular weight excluding hydrogens is 268 g/mol. The summed E-state index contributed by atoms with van der Waals surface area (Å²) in [5.74, 6) is -0.576. The van der Waals surface area contributed by atoms with Crippen LogP contribution < -0.4 is 11.1 Å². The zero-order chi connectivity index (χ0) is 16.0. The maximum absolute atomic E-state index is 12.2. The number of nitrogens with two attached hydrogens (primary N) is 1. The molecule has 0 aliphatic carbocycles. The van der Waals surface area contributed by atoms with Gasteiger partial charge in [0, 0.05) is 18.3 Å². The van der Waals surface area contributed by atoms with E-state index in [1.54, 1.807) is 30.5 Å². The maximum atomic E-state index is 12.2. The van der Waals surface area contributed by atoms with Gasteiger partial charge in [-0.15, -0.1) is 0 Å². The number of benzene rings is 1. The minimum absolute atomic E-state index is 0.206. The van der Waals surface area contributed by atoms with Gasteiger partial charge in [0.05, 0.1) is 0 Å². The van der Waals surface area contributed by atoms with Crippen LogP contribution in [0.1, 0.15) is 30.6 Å². The number of anilines is 1. The van der Waals surface area contributed by atoms with Crippen LogP contribution in [0.25, 0.3) is 0 Å². The molecule has 1 aromatic rings. The van der Waals surface area contributed by atoms with Gasteiger partial charge in [-0.05, 0) is 36.6 Å². The number of amides is 2. The highest BCUT2D eigenvalue weighted by Gasteiger charge is 2.25. The van der Waals surface area contributed by atoms with Crippen LogP contribution in [0, 0.1) is 17.4 Å². The quantitative estimate of drug-likeness (QED) is 0.485. The first-order chi connectivity index (χ1) is 9.85. The van der Waals surface area contributed by atoms with Crippen molar-refractivity contribution in [2.24, 2.45) is 5.92 Å². The maximum Gasteiger partial charge on any atom is 0.257 e. The first-order valence-electron chi connectivity index (χ1n) is 6.68. The van der Waals surface area contributed by atoms with E-state index in [0.717, 1.165) is 4.90 Å². The Bertz CT molecular complexity index is 546. The first kappa shape index (κ1) is 16.5. The topological polar surface area (TPSA) is 99.2 Å². The largest absolute Gasteiger partial charge is 0.399 e. The molecule has 0 fully saturated rings. The van der Waals surface area contributed by atoms with Gasteiger partial charge < -0.3 is 11.1 Å². The van der Waals surface area contributed by atoms with E-state index in [0.29, 0.717) is 17.7 Å². The second-order valence-corrected chi connectivity index (χ2v) is 5.27. The highest BCUT2D eigenvalue weighted by atomic mass is 16.2. The normalized spacial score (nSPS) is 11.6. The summed E-state index contributed by atoms with van der Waals surface area (Å²) in [4.78, 5) is 25.2. The van der Waals surface area contributed by atoms with Crippen LogP contribution in [-0.4, -0.2) is 29.8 Å². The number of hydrogen-bond acceptors (Lipinski definition) is 4. The second kappa shape index (κ2) is 7.29. The highest BCUT2D eigenvalue weighted by Crippen LogP contribution is 2.10. The molecule has 0 aromatic heterocycles. The van der Waals surface area contributed by atoms with Gasteiger partial charge in [0.1, 0.15) is 6.04 Å². The molecule has 0 aliphatic rings. The van der Waals surface area contributed by atoms with Crippen molar-refractivity contribution in [2.45, 2.75) is 26.3 Å². The van der Waals surface area contributed by atoms with E-state index in [1.807, 2.05) is 13.8 Å². The molecule has 1 aromatic carbocycles. The van der Waals surface area contributed by atoms with Crippen LogP contribution in [-0.2, 0) is 4.79 Å². The predicted molar refractivity (Wildman–Crippen MR) is 79.9 cm³/mol. The van der Waals surface area contributed by atoms with Crippen molar-refractivity contribution in [3.63, 3.8) is 0 Å². The van der Waals surface area contributed by atoms with Gasteiger partial charge >= 0.3 is 0 Å². The van der Waals surface area contributed by atoms with Crippen LogP contribution in [0.2, 0.25) is 0 Å². The Morgan fingerprint density at radius 1 is 1.33 bits per heavy atom. The monoisotopic (exact) mass is 288 g/mol. The number of nitrogen functional groups attached to an aromatic ring is 1. The summed E-state index contributed by atoms with van der Waals surface area (Å²) in [6, 6.07) is 5.70. The molecule has 2 amide bonds. The third-order valence-electron chi connectivity index (χ3n) is 2.96. The highest BCUT2D eigenvalue weighted by molar-refractivity contribution is 5.97. The van der Waals surface area contributed by atoms with Gasteiger partial charge in [0.2, 0.25) is 0 Å². The molecule has 1 atom stereocenters. The zero-order valence-electron chi connectivity index (χ0n) is 12.5. The average molecular weight is 288 g/mol. The molecule has 6 nitrogen and oxygen atoms in total. The molecule has 0 unspecified atom stereocenters. The van der Waals surface area contributed by atoms with E-state index in [9.17, 15) is 9.59 Å². The van der Waals surface area contributed by atoms with E-state index >= 15 is 0 Å². The van der Waals surface area contributed by atoms with Crippen LogP contribution in [0.3, 0.4) is 0 Å². The molecule has 1 rings (SSSR count). The van der Waals surface area contributed by atoms with Crippen LogP contribution in [0.15, 0.2) is 24.3 Å². The van der Waals surface area contributed by atoms with Crippen molar-refractivity contribution in [2.75, 3.05) is 12.8 Å². The number of likely N-dealkylation sites (N-methyl/N-ethyl adjacent to an activating group) is 1. The smallest absolute Gasteiger partial charge is 0.257 e. The van der Waals surface area contributed by atoms with Crippen LogP contribution in [0.4, 0.5) is 5.69 Å². The summed E-state index contributed by atoms with van der Waals surface area (Å²) in [6.45, 7) is 3.89. The Balaban J connectivity index is 2.85. The standard InChI is InChI=1S/C15H20N4O2/c1-10(2)8-13(15(21)19(3)9-16)18-14(20)11-4-6-12(17)7-5-11/h4-7,10,13H,8,17H2,1-3H3,(H,18,20)/t13-/m1/s1. The van der Waals surface area contributed by atoms with Crippen molar-refractivity contribution in [3.8, 4) is 6.19 Å². The summed E-state index contributed by atoms with van der Waals surface area (Å²) < 4.78 is 0. The fraction of sp³-hybridized carbons (Fsp3) is 0.400. The Hall–Kier alpha value is -2.55. The van der Waals surface area contributed by atoms with E-state index in [-0.39, 0.29) is 11.8 Å². The Morgan fingerprint density at radius 2 is 1.90 bits per heavy atom. The van der Waals surface area contributed by atoms with Crippen molar-refractivity contribution in [1.82, 2.24) is 10.2 Å². The SMILES string of the molecule is CC(C)C[C@@H](NC(=O)c1ccc(N)cc1)C(=O)N(C)C#N. The van der Waals surface area contributed by atoms with E-state index in [1.165, 1.54) is 7.05 Å². The molecule has 21 heavy (non-hydrogen) atoms. The van der Waals surface area contributed by atoms with Gasteiger partial charge in [-0.25, -0.2) is 0 Å². The molecule has 6 heteroatoms. The lowest BCUT2D eigenvalue weighted by molar-refractivity contribution is -0.129. The number of nitrogens with zero attached hydrogens (tertiary/aromatic N) is 2. The van der Waals surface area contributed by atoms with Gasteiger partial charge in [0.15, 0.2) is 6.19 Å². The lowest BCUT2D eigenvalue weighted by atomic mass is 10.0. The number of carbonyl (C=O) groups is 2. The third kappa shape index (κ3) is 4.80. The fourth-order valence-corrected chi connectivity index (χ4v) is 1.85. The van der Waals surface area contributed by atoms with Crippen molar-refractivity contribution in [1.29, 1.82) is 5.26 Å². The number of nitriles is 1. The average Bonchev–Trinajstić information content (AvgIpc) is 2.45. The van der Waals surface area contributed by atoms with Gasteiger partial charge in [-0.3, -0.25) is 14.5 Å². The lowest BCUT2D eigenvalue weighted by Gasteiger charge is -2.21. The van der Waals surface area contributed by atoms with E-state index in [4.69, 9.17) is 11.0 Å². The van der Waals surface area contributed by atoms with E-state index < -0.39 is 11.9 Å². The zero-order valence-corrected chi connectivity index (χ0v) is 12.5. The lowest BCUT2D eigenvalue weighted by Crippen LogP contribution is -2.46. The van der Waals surface area contributed by atoms with Gasteiger partial charge in [-0.1, -0.05) is 13.8 Å². The number of hydrogen-bond donors (Lipinski definition) is 2. The fourth-order valence-electron chi connectivity index (χ4n) is 1.85. The molecule has 0 radical (unpaired) electrons. The minimum atomic E-state index is -0.722. The first-order valence-corrected chi connectivity index (χ1v) is 6.68. The molecule has 0 aliphatic heterocycles.